The highest BCUT2D eigenvalue weighted by molar-refractivity contribution is 5.82. The number of hydrogen-bond donors (Lipinski definition) is 0. The van der Waals surface area contributed by atoms with E-state index < -0.39 is 0 Å². The van der Waals surface area contributed by atoms with Crippen molar-refractivity contribution in [1.82, 2.24) is 19.9 Å². The number of hydrogen-bond acceptors (Lipinski definition) is 5. The van der Waals surface area contributed by atoms with Crippen LogP contribution in [0.1, 0.15) is 19.8 Å². The monoisotopic (exact) mass is 229 g/mol. The predicted octanol–water partition coefficient (Wildman–Crippen LogP) is 1.66. The number of anilines is 1. The summed E-state index contributed by atoms with van der Waals surface area (Å²) in [5, 5.41) is 0. The zero-order valence-corrected chi connectivity index (χ0v) is 9.87. The Morgan fingerprint density at radius 2 is 1.82 bits per heavy atom. The highest BCUT2D eigenvalue weighted by Crippen LogP contribution is 2.24. The zero-order valence-electron chi connectivity index (χ0n) is 9.87. The van der Waals surface area contributed by atoms with Crippen LogP contribution in [0.4, 0.5) is 5.82 Å². The molecular formula is C12H15N5. The first-order valence-corrected chi connectivity index (χ1v) is 6.01. The quantitative estimate of drug-likeness (QED) is 0.744. The van der Waals surface area contributed by atoms with Gasteiger partial charge >= 0.3 is 0 Å². The molecule has 0 N–H and O–H groups in total. The van der Waals surface area contributed by atoms with E-state index in [1.54, 1.807) is 18.7 Å². The molecule has 0 radical (unpaired) electrons. The maximum absolute atomic E-state index is 4.37. The van der Waals surface area contributed by atoms with Crippen LogP contribution in [0.2, 0.25) is 0 Å². The fraction of sp³-hybridized carbons (Fsp3) is 0.500. The minimum absolute atomic E-state index is 0.677. The standard InChI is InChI=1S/C12H15N5/c1-9-2-6-17(7-3-9)12-10-11(15-8-16-12)14-5-4-13-10/h4-5,8-9H,2-3,6-7H2,1H3. The van der Waals surface area contributed by atoms with Crippen LogP contribution >= 0.6 is 0 Å². The Balaban J connectivity index is 2.00. The largest absolute Gasteiger partial charge is 0.355 e. The summed E-state index contributed by atoms with van der Waals surface area (Å²) in [6.45, 7) is 4.39. The van der Waals surface area contributed by atoms with Gasteiger partial charge < -0.3 is 4.90 Å². The van der Waals surface area contributed by atoms with Gasteiger partial charge in [0.1, 0.15) is 6.33 Å². The lowest BCUT2D eigenvalue weighted by molar-refractivity contribution is 0.437. The Morgan fingerprint density at radius 3 is 2.65 bits per heavy atom. The van der Waals surface area contributed by atoms with Crippen LogP contribution in [0.3, 0.4) is 0 Å². The van der Waals surface area contributed by atoms with Gasteiger partial charge in [0.15, 0.2) is 17.0 Å². The van der Waals surface area contributed by atoms with Crippen LogP contribution in [0.15, 0.2) is 18.7 Å². The molecule has 3 heterocycles. The Kier molecular flexibility index (Phi) is 2.59. The van der Waals surface area contributed by atoms with Gasteiger partial charge in [-0.25, -0.2) is 19.9 Å². The van der Waals surface area contributed by atoms with Crippen LogP contribution in [-0.4, -0.2) is 33.0 Å². The van der Waals surface area contributed by atoms with Crippen molar-refractivity contribution in [2.24, 2.45) is 5.92 Å². The first-order chi connectivity index (χ1) is 8.34. The number of nitrogens with zero attached hydrogens (tertiary/aromatic N) is 5. The van der Waals surface area contributed by atoms with E-state index in [4.69, 9.17) is 0 Å². The van der Waals surface area contributed by atoms with Crippen molar-refractivity contribution in [3.63, 3.8) is 0 Å². The smallest absolute Gasteiger partial charge is 0.183 e. The van der Waals surface area contributed by atoms with Crippen molar-refractivity contribution in [2.75, 3.05) is 18.0 Å². The SMILES string of the molecule is CC1CCN(c2ncnc3nccnc23)CC1. The van der Waals surface area contributed by atoms with E-state index in [1.807, 2.05) is 0 Å². The van der Waals surface area contributed by atoms with Crippen LogP contribution < -0.4 is 4.90 Å². The molecule has 3 rings (SSSR count). The lowest BCUT2D eigenvalue weighted by Crippen LogP contribution is -2.33. The summed E-state index contributed by atoms with van der Waals surface area (Å²) in [7, 11) is 0. The summed E-state index contributed by atoms with van der Waals surface area (Å²) in [6.07, 6.45) is 7.36. The summed E-state index contributed by atoms with van der Waals surface area (Å²) in [6, 6.07) is 0. The second kappa shape index (κ2) is 4.24. The van der Waals surface area contributed by atoms with Crippen LogP contribution in [0.5, 0.6) is 0 Å². The highest BCUT2D eigenvalue weighted by Gasteiger charge is 2.19. The van der Waals surface area contributed by atoms with Gasteiger partial charge in [0.25, 0.3) is 0 Å². The van der Waals surface area contributed by atoms with Gasteiger partial charge in [-0.15, -0.1) is 0 Å². The van der Waals surface area contributed by atoms with E-state index in [2.05, 4.69) is 31.8 Å². The first-order valence-electron chi connectivity index (χ1n) is 6.01. The van der Waals surface area contributed by atoms with Gasteiger partial charge in [0.05, 0.1) is 0 Å². The summed E-state index contributed by atoms with van der Waals surface area (Å²) < 4.78 is 0. The van der Waals surface area contributed by atoms with E-state index in [-0.39, 0.29) is 0 Å². The summed E-state index contributed by atoms with van der Waals surface area (Å²) in [4.78, 5) is 19.4. The number of fused-ring (bicyclic) bond motifs is 1. The normalized spacial score (nSPS) is 17.6. The van der Waals surface area contributed by atoms with Crippen LogP contribution in [0, 0.1) is 5.92 Å². The summed E-state index contributed by atoms with van der Waals surface area (Å²) in [5.41, 5.74) is 1.49. The molecule has 1 aliphatic rings. The van der Waals surface area contributed by atoms with Crippen molar-refractivity contribution in [2.45, 2.75) is 19.8 Å². The van der Waals surface area contributed by atoms with Crippen molar-refractivity contribution in [3.05, 3.63) is 18.7 Å². The topological polar surface area (TPSA) is 54.8 Å². The van der Waals surface area contributed by atoms with Crippen molar-refractivity contribution in [1.29, 1.82) is 0 Å². The Morgan fingerprint density at radius 1 is 1.06 bits per heavy atom. The molecule has 0 amide bonds. The third kappa shape index (κ3) is 1.92. The van der Waals surface area contributed by atoms with Gasteiger partial charge in [0.2, 0.25) is 0 Å². The second-order valence-electron chi connectivity index (χ2n) is 4.60. The lowest BCUT2D eigenvalue weighted by atomic mass is 9.99. The molecule has 5 nitrogen and oxygen atoms in total. The van der Waals surface area contributed by atoms with E-state index in [1.165, 1.54) is 12.8 Å². The molecule has 0 saturated carbocycles. The second-order valence-corrected chi connectivity index (χ2v) is 4.60. The fourth-order valence-electron chi connectivity index (χ4n) is 2.23. The lowest BCUT2D eigenvalue weighted by Gasteiger charge is -2.31. The number of piperidine rings is 1. The highest BCUT2D eigenvalue weighted by atomic mass is 15.2. The average molecular weight is 229 g/mol. The van der Waals surface area contributed by atoms with Gasteiger partial charge in [-0.3, -0.25) is 0 Å². The van der Waals surface area contributed by atoms with E-state index >= 15 is 0 Å². The van der Waals surface area contributed by atoms with Crippen molar-refractivity contribution in [3.8, 4) is 0 Å². The van der Waals surface area contributed by atoms with Gasteiger partial charge in [-0.2, -0.15) is 0 Å². The minimum atomic E-state index is 0.677. The van der Waals surface area contributed by atoms with Crippen LogP contribution in [-0.2, 0) is 0 Å². The Labute approximate surface area is 99.9 Å². The molecular weight excluding hydrogens is 214 g/mol. The van der Waals surface area contributed by atoms with E-state index in [9.17, 15) is 0 Å². The number of aromatic nitrogens is 4. The molecule has 1 fully saturated rings. The Hall–Kier alpha value is -1.78. The van der Waals surface area contributed by atoms with E-state index in [0.29, 0.717) is 5.65 Å². The molecule has 0 aromatic carbocycles. The third-order valence-corrected chi connectivity index (χ3v) is 3.33. The minimum Gasteiger partial charge on any atom is -0.355 e. The molecule has 17 heavy (non-hydrogen) atoms. The van der Waals surface area contributed by atoms with Crippen LogP contribution in [0.25, 0.3) is 11.2 Å². The molecule has 1 aliphatic heterocycles. The van der Waals surface area contributed by atoms with Gasteiger partial charge in [0, 0.05) is 25.5 Å². The Bertz CT molecular complexity index is 514. The molecule has 0 aliphatic carbocycles. The maximum Gasteiger partial charge on any atom is 0.183 e. The maximum atomic E-state index is 4.37. The van der Waals surface area contributed by atoms with Gasteiger partial charge in [-0.05, 0) is 18.8 Å². The molecule has 88 valence electrons. The molecule has 2 aromatic heterocycles. The molecule has 0 unspecified atom stereocenters. The van der Waals surface area contributed by atoms with Crippen molar-refractivity contribution < 1.29 is 0 Å². The fourth-order valence-corrected chi connectivity index (χ4v) is 2.23. The van der Waals surface area contributed by atoms with Crippen molar-refractivity contribution >= 4 is 17.0 Å². The number of rotatable bonds is 1. The third-order valence-electron chi connectivity index (χ3n) is 3.33. The molecule has 0 atom stereocenters. The summed E-state index contributed by atoms with van der Waals surface area (Å²) in [5.74, 6) is 1.74. The average Bonchev–Trinajstić information content (AvgIpc) is 2.39. The molecule has 0 spiro atoms. The van der Waals surface area contributed by atoms with E-state index in [0.717, 1.165) is 30.3 Å². The molecule has 5 heteroatoms. The zero-order chi connectivity index (χ0) is 11.7. The molecule has 2 aromatic rings. The summed E-state index contributed by atoms with van der Waals surface area (Å²) >= 11 is 0. The van der Waals surface area contributed by atoms with Gasteiger partial charge in [-0.1, -0.05) is 6.92 Å². The first kappa shape index (κ1) is 10.4. The molecule has 1 saturated heterocycles. The molecule has 0 bridgehead atoms. The predicted molar refractivity (Wildman–Crippen MR) is 65.7 cm³/mol.